The molecule has 0 saturated carbocycles. The summed E-state index contributed by atoms with van der Waals surface area (Å²) in [5.41, 5.74) is -1.26. The molecule has 18 heavy (non-hydrogen) atoms. The largest absolute Gasteiger partial charge is 0.418 e. The van der Waals surface area contributed by atoms with Gasteiger partial charge in [0.15, 0.2) is 0 Å². The van der Waals surface area contributed by atoms with Crippen LogP contribution in [0.25, 0.3) is 0 Å². The van der Waals surface area contributed by atoms with Crippen molar-refractivity contribution in [3.8, 4) is 0 Å². The van der Waals surface area contributed by atoms with E-state index in [9.17, 15) is 18.0 Å². The van der Waals surface area contributed by atoms with Crippen molar-refractivity contribution in [2.24, 2.45) is 0 Å². The number of hydrogen-bond acceptors (Lipinski definition) is 1. The summed E-state index contributed by atoms with van der Waals surface area (Å²) in [6.45, 7) is 1.48. The maximum Gasteiger partial charge on any atom is 0.418 e. The van der Waals surface area contributed by atoms with Crippen LogP contribution >= 0.6 is 23.2 Å². The Kier molecular flexibility index (Phi) is 4.87. The number of para-hydroxylation sites is 1. The number of alkyl halides is 5. The number of carbonyl (C=O) groups is 1. The molecule has 0 bridgehead atoms. The van der Waals surface area contributed by atoms with Gasteiger partial charge in [0.1, 0.15) is 5.38 Å². The number of benzene rings is 1. The van der Waals surface area contributed by atoms with Crippen molar-refractivity contribution in [1.29, 1.82) is 0 Å². The first-order valence-electron chi connectivity index (χ1n) is 4.98. The zero-order valence-electron chi connectivity index (χ0n) is 9.26. The molecule has 0 aliphatic carbocycles. The van der Waals surface area contributed by atoms with E-state index in [0.29, 0.717) is 0 Å². The number of amides is 1. The van der Waals surface area contributed by atoms with E-state index in [0.717, 1.165) is 12.1 Å². The van der Waals surface area contributed by atoms with E-state index in [1.165, 1.54) is 19.1 Å². The third kappa shape index (κ3) is 3.78. The molecule has 1 rings (SSSR count). The molecular formula is C11H10Cl2F3NO. The fourth-order valence-electron chi connectivity index (χ4n) is 1.25. The van der Waals surface area contributed by atoms with Crippen LogP contribution in [0.2, 0.25) is 0 Å². The highest BCUT2D eigenvalue weighted by Crippen LogP contribution is 2.34. The molecule has 0 aliphatic rings. The first-order valence-corrected chi connectivity index (χ1v) is 5.86. The van der Waals surface area contributed by atoms with E-state index in [1.807, 2.05) is 0 Å². The van der Waals surface area contributed by atoms with Crippen molar-refractivity contribution in [2.45, 2.75) is 23.9 Å². The summed E-state index contributed by atoms with van der Waals surface area (Å²) in [5, 5.41) is 0.329. The van der Waals surface area contributed by atoms with E-state index in [-0.39, 0.29) is 5.69 Å². The van der Waals surface area contributed by atoms with Crippen LogP contribution in [0.3, 0.4) is 0 Å². The van der Waals surface area contributed by atoms with Crippen LogP contribution in [-0.4, -0.2) is 16.7 Å². The summed E-state index contributed by atoms with van der Waals surface area (Å²) in [7, 11) is 0. The average molecular weight is 300 g/mol. The van der Waals surface area contributed by atoms with Gasteiger partial charge in [-0.05, 0) is 19.1 Å². The molecule has 0 aromatic heterocycles. The normalized spacial score (nSPS) is 15.0. The second-order valence-corrected chi connectivity index (χ2v) is 4.77. The van der Waals surface area contributed by atoms with Gasteiger partial charge in [0.05, 0.1) is 16.6 Å². The predicted molar refractivity (Wildman–Crippen MR) is 65.0 cm³/mol. The number of hydrogen-bond donors (Lipinski definition) is 1. The molecule has 2 atom stereocenters. The van der Waals surface area contributed by atoms with Crippen molar-refractivity contribution in [3.05, 3.63) is 29.8 Å². The Morgan fingerprint density at radius 1 is 1.28 bits per heavy atom. The highest BCUT2D eigenvalue weighted by Gasteiger charge is 2.34. The van der Waals surface area contributed by atoms with Crippen LogP contribution in [0.4, 0.5) is 18.9 Å². The fraction of sp³-hybridized carbons (Fsp3) is 0.364. The predicted octanol–water partition coefficient (Wildman–Crippen LogP) is 3.88. The molecule has 100 valence electrons. The Morgan fingerprint density at radius 3 is 2.33 bits per heavy atom. The van der Waals surface area contributed by atoms with Gasteiger partial charge >= 0.3 is 6.18 Å². The molecule has 0 heterocycles. The Morgan fingerprint density at radius 2 is 1.83 bits per heavy atom. The maximum absolute atomic E-state index is 12.6. The molecule has 1 amide bonds. The van der Waals surface area contributed by atoms with Gasteiger partial charge in [-0.1, -0.05) is 12.1 Å². The van der Waals surface area contributed by atoms with E-state index < -0.39 is 28.4 Å². The summed E-state index contributed by atoms with van der Waals surface area (Å²) >= 11 is 11.3. The zero-order chi connectivity index (χ0) is 13.9. The molecule has 0 saturated heterocycles. The third-order valence-corrected chi connectivity index (χ3v) is 3.10. The number of nitrogens with one attached hydrogen (secondary N) is 1. The summed E-state index contributed by atoms with van der Waals surface area (Å²) in [5.74, 6) is -0.768. The Bertz CT molecular complexity index is 435. The second-order valence-electron chi connectivity index (χ2n) is 3.61. The molecule has 2 nitrogen and oxygen atoms in total. The smallest absolute Gasteiger partial charge is 0.324 e. The van der Waals surface area contributed by atoms with Crippen LogP contribution in [0.15, 0.2) is 24.3 Å². The van der Waals surface area contributed by atoms with Crippen molar-refractivity contribution in [3.63, 3.8) is 0 Å². The molecule has 0 aliphatic heterocycles. The van der Waals surface area contributed by atoms with Crippen LogP contribution in [0.1, 0.15) is 12.5 Å². The highest BCUT2D eigenvalue weighted by atomic mass is 35.5. The van der Waals surface area contributed by atoms with Crippen LogP contribution < -0.4 is 5.32 Å². The van der Waals surface area contributed by atoms with Crippen LogP contribution in [-0.2, 0) is 11.0 Å². The monoisotopic (exact) mass is 299 g/mol. The summed E-state index contributed by atoms with van der Waals surface area (Å²) in [6.07, 6.45) is -4.54. The van der Waals surface area contributed by atoms with E-state index in [2.05, 4.69) is 5.32 Å². The standard InChI is InChI=1S/C11H10Cl2F3NO/c1-6(12)9(13)10(18)17-8-5-3-2-4-7(8)11(14,15)16/h2-6,9H,1H3,(H,17,18)/t6-,9+/m1/s1. The van der Waals surface area contributed by atoms with E-state index >= 15 is 0 Å². The third-order valence-electron chi connectivity index (χ3n) is 2.14. The number of carbonyl (C=O) groups excluding carboxylic acids is 1. The molecule has 7 heteroatoms. The van der Waals surface area contributed by atoms with Gasteiger partial charge in [-0.15, -0.1) is 23.2 Å². The molecule has 1 aromatic carbocycles. The zero-order valence-corrected chi connectivity index (χ0v) is 10.8. The molecule has 0 spiro atoms. The van der Waals surface area contributed by atoms with Crippen LogP contribution in [0.5, 0.6) is 0 Å². The van der Waals surface area contributed by atoms with Gasteiger partial charge in [-0.2, -0.15) is 13.2 Å². The minimum absolute atomic E-state index is 0.335. The average Bonchev–Trinajstić information content (AvgIpc) is 2.27. The lowest BCUT2D eigenvalue weighted by molar-refractivity contribution is -0.137. The second kappa shape index (κ2) is 5.80. The lowest BCUT2D eigenvalue weighted by Crippen LogP contribution is -2.30. The summed E-state index contributed by atoms with van der Waals surface area (Å²) < 4.78 is 37.9. The minimum atomic E-state index is -4.54. The topological polar surface area (TPSA) is 29.1 Å². The van der Waals surface area contributed by atoms with Gasteiger partial charge in [0, 0.05) is 0 Å². The number of rotatable bonds is 3. The van der Waals surface area contributed by atoms with Gasteiger partial charge in [0.25, 0.3) is 0 Å². The van der Waals surface area contributed by atoms with Crippen molar-refractivity contribution in [1.82, 2.24) is 0 Å². The molecule has 0 unspecified atom stereocenters. The lowest BCUT2D eigenvalue weighted by atomic mass is 10.1. The molecule has 0 radical (unpaired) electrons. The van der Waals surface area contributed by atoms with Gasteiger partial charge in [-0.3, -0.25) is 4.79 Å². The van der Waals surface area contributed by atoms with Gasteiger partial charge in [0.2, 0.25) is 5.91 Å². The van der Waals surface area contributed by atoms with Crippen LogP contribution in [0, 0.1) is 0 Å². The summed E-state index contributed by atoms with van der Waals surface area (Å²) in [4.78, 5) is 11.5. The Balaban J connectivity index is 2.95. The van der Waals surface area contributed by atoms with Gasteiger partial charge in [-0.25, -0.2) is 0 Å². The first kappa shape index (κ1) is 15.1. The number of anilines is 1. The minimum Gasteiger partial charge on any atom is -0.324 e. The Hall–Kier alpha value is -0.940. The molecular weight excluding hydrogens is 290 g/mol. The van der Waals surface area contributed by atoms with Crippen molar-refractivity contribution >= 4 is 34.8 Å². The highest BCUT2D eigenvalue weighted by molar-refractivity contribution is 6.38. The van der Waals surface area contributed by atoms with E-state index in [1.54, 1.807) is 0 Å². The SMILES string of the molecule is C[C@@H](Cl)[C@H](Cl)C(=O)Nc1ccccc1C(F)(F)F. The quantitative estimate of drug-likeness (QED) is 0.843. The summed E-state index contributed by atoms with van der Waals surface area (Å²) in [6, 6.07) is 4.66. The molecule has 1 aromatic rings. The maximum atomic E-state index is 12.6. The number of halogens is 5. The van der Waals surface area contributed by atoms with E-state index in [4.69, 9.17) is 23.2 Å². The van der Waals surface area contributed by atoms with Crippen molar-refractivity contribution < 1.29 is 18.0 Å². The Labute approximate surface area is 112 Å². The first-order chi connectivity index (χ1) is 8.23. The lowest BCUT2D eigenvalue weighted by Gasteiger charge is -2.16. The molecule has 1 N–H and O–H groups in total. The fourth-order valence-corrected chi connectivity index (χ4v) is 1.42. The van der Waals surface area contributed by atoms with Crippen molar-refractivity contribution in [2.75, 3.05) is 5.32 Å². The molecule has 0 fully saturated rings. The van der Waals surface area contributed by atoms with Gasteiger partial charge < -0.3 is 5.32 Å².